The van der Waals surface area contributed by atoms with Crippen molar-refractivity contribution in [3.63, 3.8) is 0 Å². The Labute approximate surface area is 146 Å². The molecule has 0 bridgehead atoms. The van der Waals surface area contributed by atoms with Gasteiger partial charge in [0.2, 0.25) is 0 Å². The zero-order valence-corrected chi connectivity index (χ0v) is 14.4. The number of aryl methyl sites for hydroxylation is 2. The minimum Gasteiger partial charge on any atom is -0.469 e. The van der Waals surface area contributed by atoms with E-state index in [4.69, 9.17) is 13.9 Å². The van der Waals surface area contributed by atoms with Crippen LogP contribution in [-0.4, -0.2) is 53.7 Å². The molecule has 2 atom stereocenters. The number of ether oxygens (including phenoxy) is 2. The van der Waals surface area contributed by atoms with Crippen molar-refractivity contribution in [3.8, 4) is 6.01 Å². The summed E-state index contributed by atoms with van der Waals surface area (Å²) in [5, 5.41) is 0. The van der Waals surface area contributed by atoms with Gasteiger partial charge in [0, 0.05) is 30.9 Å². The highest BCUT2D eigenvalue weighted by Crippen LogP contribution is 2.42. The second-order valence-corrected chi connectivity index (χ2v) is 6.92. The van der Waals surface area contributed by atoms with Crippen molar-refractivity contribution < 1.29 is 18.7 Å². The van der Waals surface area contributed by atoms with Gasteiger partial charge in [0.1, 0.15) is 12.4 Å². The maximum absolute atomic E-state index is 12.8. The van der Waals surface area contributed by atoms with Gasteiger partial charge in [-0.25, -0.2) is 9.97 Å². The van der Waals surface area contributed by atoms with E-state index >= 15 is 0 Å². The van der Waals surface area contributed by atoms with E-state index in [0.717, 1.165) is 5.69 Å². The van der Waals surface area contributed by atoms with Gasteiger partial charge in [-0.2, -0.15) is 0 Å². The maximum Gasteiger partial charge on any atom is 0.316 e. The molecule has 7 nitrogen and oxygen atoms in total. The summed E-state index contributed by atoms with van der Waals surface area (Å²) in [6, 6.07) is 3.93. The summed E-state index contributed by atoms with van der Waals surface area (Å²) in [5.41, 5.74) is 1.28. The average molecular weight is 343 g/mol. The molecule has 0 radical (unpaired) electrons. The molecule has 4 heterocycles. The second kappa shape index (κ2) is 6.15. The van der Waals surface area contributed by atoms with E-state index in [1.807, 2.05) is 17.9 Å². The number of fused-ring (bicyclic) bond motifs is 1. The predicted molar refractivity (Wildman–Crippen MR) is 88.4 cm³/mol. The molecule has 132 valence electrons. The molecule has 2 aliphatic rings. The lowest BCUT2D eigenvalue weighted by atomic mass is 9.82. The molecule has 0 aliphatic carbocycles. The van der Waals surface area contributed by atoms with Crippen LogP contribution >= 0.6 is 0 Å². The first-order valence-electron chi connectivity index (χ1n) is 8.41. The minimum atomic E-state index is -0.208. The SMILES string of the molecule is Cc1ccnc(OC[C@@]23COC[C@@H]2CN(C(=O)c2ccoc2C)C3)n1. The van der Waals surface area contributed by atoms with Crippen LogP contribution in [-0.2, 0) is 4.74 Å². The molecule has 0 saturated carbocycles. The molecule has 0 unspecified atom stereocenters. The van der Waals surface area contributed by atoms with E-state index in [2.05, 4.69) is 9.97 Å². The van der Waals surface area contributed by atoms with Crippen LogP contribution in [0.15, 0.2) is 29.0 Å². The molecule has 2 aromatic heterocycles. The number of nitrogens with zero attached hydrogens (tertiary/aromatic N) is 3. The topological polar surface area (TPSA) is 77.7 Å². The lowest BCUT2D eigenvalue weighted by molar-refractivity contribution is 0.0648. The van der Waals surface area contributed by atoms with Gasteiger partial charge in [-0.1, -0.05) is 0 Å². The average Bonchev–Trinajstić information content (AvgIpc) is 3.26. The van der Waals surface area contributed by atoms with Crippen molar-refractivity contribution in [3.05, 3.63) is 41.6 Å². The first-order valence-corrected chi connectivity index (χ1v) is 8.41. The Morgan fingerprint density at radius 2 is 2.32 bits per heavy atom. The molecule has 25 heavy (non-hydrogen) atoms. The number of rotatable bonds is 4. The number of carbonyl (C=O) groups is 1. The fourth-order valence-corrected chi connectivity index (χ4v) is 3.67. The summed E-state index contributed by atoms with van der Waals surface area (Å²) < 4.78 is 16.8. The Morgan fingerprint density at radius 3 is 3.08 bits per heavy atom. The fraction of sp³-hybridized carbons (Fsp3) is 0.500. The first kappa shape index (κ1) is 16.1. The Kier molecular flexibility index (Phi) is 3.95. The number of aromatic nitrogens is 2. The number of hydrogen-bond donors (Lipinski definition) is 0. The van der Waals surface area contributed by atoms with Crippen LogP contribution in [0.5, 0.6) is 6.01 Å². The molecule has 2 fully saturated rings. The lowest BCUT2D eigenvalue weighted by Crippen LogP contribution is -2.38. The Morgan fingerprint density at radius 1 is 1.44 bits per heavy atom. The number of carbonyl (C=O) groups excluding carboxylic acids is 1. The third-order valence-corrected chi connectivity index (χ3v) is 5.16. The quantitative estimate of drug-likeness (QED) is 0.843. The van der Waals surface area contributed by atoms with E-state index in [1.54, 1.807) is 25.5 Å². The van der Waals surface area contributed by atoms with E-state index < -0.39 is 0 Å². The molecule has 7 heteroatoms. The van der Waals surface area contributed by atoms with Crippen LogP contribution in [0, 0.1) is 25.2 Å². The molecular formula is C18H21N3O4. The van der Waals surface area contributed by atoms with Gasteiger partial charge in [-0.05, 0) is 26.0 Å². The van der Waals surface area contributed by atoms with Crippen molar-refractivity contribution in [1.29, 1.82) is 0 Å². The zero-order chi connectivity index (χ0) is 17.4. The summed E-state index contributed by atoms with van der Waals surface area (Å²) in [6.45, 7) is 6.65. The van der Waals surface area contributed by atoms with Gasteiger partial charge in [-0.3, -0.25) is 4.79 Å². The van der Waals surface area contributed by atoms with Crippen molar-refractivity contribution >= 4 is 5.91 Å². The third kappa shape index (κ3) is 2.89. The van der Waals surface area contributed by atoms with Crippen molar-refractivity contribution in [2.45, 2.75) is 13.8 Å². The van der Waals surface area contributed by atoms with Gasteiger partial charge in [-0.15, -0.1) is 0 Å². The van der Waals surface area contributed by atoms with Crippen LogP contribution in [0.25, 0.3) is 0 Å². The van der Waals surface area contributed by atoms with Gasteiger partial charge in [0.05, 0.1) is 30.5 Å². The standard InChI is InChI=1S/C18H21N3O4/c1-12-3-5-19-17(20-12)25-11-18-9-21(7-14(18)8-23-10-18)16(22)15-4-6-24-13(15)2/h3-6,14H,7-11H2,1-2H3/t14-,18+/m0/s1. The van der Waals surface area contributed by atoms with Crippen molar-refractivity contribution in [2.24, 2.45) is 11.3 Å². The van der Waals surface area contributed by atoms with E-state index in [0.29, 0.717) is 50.2 Å². The van der Waals surface area contributed by atoms with Gasteiger partial charge in [0.15, 0.2) is 0 Å². The molecule has 2 aromatic rings. The van der Waals surface area contributed by atoms with E-state index in [1.165, 1.54) is 0 Å². The summed E-state index contributed by atoms with van der Waals surface area (Å²) in [6.07, 6.45) is 3.24. The highest BCUT2D eigenvalue weighted by Gasteiger charge is 2.52. The van der Waals surface area contributed by atoms with Gasteiger partial charge < -0.3 is 18.8 Å². The van der Waals surface area contributed by atoms with Crippen molar-refractivity contribution in [1.82, 2.24) is 14.9 Å². The lowest BCUT2D eigenvalue weighted by Gasteiger charge is -2.26. The fourth-order valence-electron chi connectivity index (χ4n) is 3.67. The molecule has 0 N–H and O–H groups in total. The molecule has 1 amide bonds. The molecule has 4 rings (SSSR count). The molecule has 0 aromatic carbocycles. The molecule has 0 spiro atoms. The molecule has 2 saturated heterocycles. The summed E-state index contributed by atoms with van der Waals surface area (Å²) in [4.78, 5) is 23.1. The van der Waals surface area contributed by atoms with Crippen LogP contribution in [0.3, 0.4) is 0 Å². The maximum atomic E-state index is 12.8. The summed E-state index contributed by atoms with van der Waals surface area (Å²) >= 11 is 0. The number of amides is 1. The zero-order valence-electron chi connectivity index (χ0n) is 14.4. The third-order valence-electron chi connectivity index (χ3n) is 5.16. The van der Waals surface area contributed by atoms with Crippen LogP contribution < -0.4 is 4.74 Å². The van der Waals surface area contributed by atoms with E-state index in [-0.39, 0.29) is 17.2 Å². The normalized spacial score (nSPS) is 25.2. The second-order valence-electron chi connectivity index (χ2n) is 6.92. The summed E-state index contributed by atoms with van der Waals surface area (Å²) in [7, 11) is 0. The monoisotopic (exact) mass is 343 g/mol. The highest BCUT2D eigenvalue weighted by atomic mass is 16.5. The Bertz CT molecular complexity index is 790. The number of hydrogen-bond acceptors (Lipinski definition) is 6. The number of likely N-dealkylation sites (tertiary alicyclic amines) is 1. The predicted octanol–water partition coefficient (Wildman–Crippen LogP) is 1.85. The Hall–Kier alpha value is -2.41. The number of furan rings is 1. The van der Waals surface area contributed by atoms with Crippen molar-refractivity contribution in [2.75, 3.05) is 32.9 Å². The van der Waals surface area contributed by atoms with Crippen LogP contribution in [0.1, 0.15) is 21.8 Å². The molecular weight excluding hydrogens is 322 g/mol. The largest absolute Gasteiger partial charge is 0.469 e. The van der Waals surface area contributed by atoms with Gasteiger partial charge in [0.25, 0.3) is 5.91 Å². The van der Waals surface area contributed by atoms with E-state index in [9.17, 15) is 4.79 Å². The molecule has 2 aliphatic heterocycles. The van der Waals surface area contributed by atoms with Crippen LogP contribution in [0.4, 0.5) is 0 Å². The minimum absolute atomic E-state index is 0.00632. The smallest absolute Gasteiger partial charge is 0.316 e. The van der Waals surface area contributed by atoms with Gasteiger partial charge >= 0.3 is 6.01 Å². The highest BCUT2D eigenvalue weighted by molar-refractivity contribution is 5.95. The summed E-state index contributed by atoms with van der Waals surface area (Å²) in [5.74, 6) is 0.914. The van der Waals surface area contributed by atoms with Crippen LogP contribution in [0.2, 0.25) is 0 Å². The Balaban J connectivity index is 1.49. The first-order chi connectivity index (χ1) is 12.1.